The van der Waals surface area contributed by atoms with Crippen LogP contribution < -0.4 is 0 Å². The molecule has 3 aliphatic rings. The van der Waals surface area contributed by atoms with E-state index in [2.05, 4.69) is 4.74 Å². The van der Waals surface area contributed by atoms with Crippen LogP contribution in [0, 0.1) is 5.92 Å². The normalized spacial score (nSPS) is 26.0. The number of hydrogen-bond acceptors (Lipinski definition) is 6. The fourth-order valence-electron chi connectivity index (χ4n) is 2.58. The number of hydrogen-bond donors (Lipinski definition) is 0. The number of carbonyl (C=O) groups excluding carboxylic acids is 2. The van der Waals surface area contributed by atoms with Gasteiger partial charge in [-0.3, -0.25) is 4.79 Å². The fourth-order valence-corrected chi connectivity index (χ4v) is 4.32. The van der Waals surface area contributed by atoms with Crippen LogP contribution in [0.25, 0.3) is 0 Å². The molecule has 3 rings (SSSR count). The van der Waals surface area contributed by atoms with Crippen molar-refractivity contribution >= 4 is 22.2 Å². The zero-order valence-electron chi connectivity index (χ0n) is 11.4. The van der Waals surface area contributed by atoms with Crippen molar-refractivity contribution in [3.8, 4) is 0 Å². The lowest BCUT2D eigenvalue weighted by Gasteiger charge is -2.42. The van der Waals surface area contributed by atoms with Gasteiger partial charge in [-0.1, -0.05) is 0 Å². The average molecular weight is 319 g/mol. The quantitative estimate of drug-likeness (QED) is 0.624. The maximum Gasteiger partial charge on any atom is 0.417 e. The van der Waals surface area contributed by atoms with Crippen molar-refractivity contribution in [2.24, 2.45) is 5.92 Å². The standard InChI is InChI=1S/C11H17N3O6S/c15-10-8-20-11(16)14(10)7-9-5-13(6-9)21(17,18)12-1-3-19-4-2-12/h9H,1-8H2. The van der Waals surface area contributed by atoms with Crippen LogP contribution in [-0.4, -0.2) is 86.5 Å². The largest absolute Gasteiger partial charge is 0.439 e. The van der Waals surface area contributed by atoms with E-state index in [9.17, 15) is 18.0 Å². The van der Waals surface area contributed by atoms with Gasteiger partial charge in [-0.15, -0.1) is 0 Å². The van der Waals surface area contributed by atoms with E-state index >= 15 is 0 Å². The van der Waals surface area contributed by atoms with E-state index in [-0.39, 0.29) is 25.0 Å². The van der Waals surface area contributed by atoms with Crippen LogP contribution in [0.1, 0.15) is 0 Å². The molecule has 3 saturated heterocycles. The SMILES string of the molecule is O=C1COC(=O)N1CC1CN(S(=O)(=O)N2CCOCC2)C1. The molecule has 0 aliphatic carbocycles. The molecular formula is C11H17N3O6S. The van der Waals surface area contributed by atoms with E-state index in [0.717, 1.165) is 4.90 Å². The first-order valence-electron chi connectivity index (χ1n) is 6.78. The summed E-state index contributed by atoms with van der Waals surface area (Å²) in [4.78, 5) is 23.8. The molecule has 0 radical (unpaired) electrons. The molecule has 0 atom stereocenters. The second kappa shape index (κ2) is 5.52. The minimum Gasteiger partial charge on any atom is -0.439 e. The molecule has 10 heteroatoms. The van der Waals surface area contributed by atoms with Gasteiger partial charge in [-0.25, -0.2) is 9.69 Å². The zero-order chi connectivity index (χ0) is 15.0. The predicted molar refractivity (Wildman–Crippen MR) is 69.4 cm³/mol. The van der Waals surface area contributed by atoms with Crippen molar-refractivity contribution in [1.29, 1.82) is 0 Å². The van der Waals surface area contributed by atoms with Gasteiger partial charge >= 0.3 is 6.09 Å². The molecule has 3 heterocycles. The molecule has 0 saturated carbocycles. The van der Waals surface area contributed by atoms with Gasteiger partial charge in [-0.05, 0) is 0 Å². The molecule has 0 spiro atoms. The molecule has 3 fully saturated rings. The molecule has 0 aromatic rings. The van der Waals surface area contributed by atoms with Crippen molar-refractivity contribution < 1.29 is 27.5 Å². The summed E-state index contributed by atoms with van der Waals surface area (Å²) in [6.45, 7) is 2.16. The predicted octanol–water partition coefficient (Wildman–Crippen LogP) is -1.53. The van der Waals surface area contributed by atoms with Crippen LogP contribution >= 0.6 is 0 Å². The molecule has 2 amide bonds. The van der Waals surface area contributed by atoms with Crippen molar-refractivity contribution in [3.05, 3.63) is 0 Å². The summed E-state index contributed by atoms with van der Waals surface area (Å²) in [6.07, 6.45) is -0.644. The first kappa shape index (κ1) is 14.7. The Labute approximate surface area is 122 Å². The Kier molecular flexibility index (Phi) is 3.86. The zero-order valence-corrected chi connectivity index (χ0v) is 12.3. The number of ether oxygens (including phenoxy) is 2. The number of cyclic esters (lactones) is 1. The molecule has 0 aromatic heterocycles. The molecule has 0 unspecified atom stereocenters. The van der Waals surface area contributed by atoms with Crippen LogP contribution in [0.15, 0.2) is 0 Å². The number of rotatable bonds is 4. The number of morpholine rings is 1. The Balaban J connectivity index is 1.53. The minimum atomic E-state index is -3.45. The number of nitrogens with zero attached hydrogens (tertiary/aromatic N) is 3. The Hall–Kier alpha value is -1.23. The van der Waals surface area contributed by atoms with Gasteiger partial charge in [0.2, 0.25) is 0 Å². The molecule has 118 valence electrons. The summed E-state index contributed by atoms with van der Waals surface area (Å²) in [5.41, 5.74) is 0. The summed E-state index contributed by atoms with van der Waals surface area (Å²) >= 11 is 0. The Morgan fingerprint density at radius 1 is 1.10 bits per heavy atom. The lowest BCUT2D eigenvalue weighted by atomic mass is 10.0. The van der Waals surface area contributed by atoms with Crippen LogP contribution in [0.4, 0.5) is 4.79 Å². The van der Waals surface area contributed by atoms with E-state index in [1.807, 2.05) is 0 Å². The number of carbonyl (C=O) groups is 2. The summed E-state index contributed by atoms with van der Waals surface area (Å²) in [7, 11) is -3.45. The average Bonchev–Trinajstić information content (AvgIpc) is 2.74. The van der Waals surface area contributed by atoms with Gasteiger partial charge in [0, 0.05) is 38.6 Å². The fraction of sp³-hybridized carbons (Fsp3) is 0.818. The Bertz CT molecular complexity index is 522. The minimum absolute atomic E-state index is 0.0320. The van der Waals surface area contributed by atoms with Crippen LogP contribution in [0.2, 0.25) is 0 Å². The maximum absolute atomic E-state index is 12.3. The van der Waals surface area contributed by atoms with Crippen molar-refractivity contribution in [3.63, 3.8) is 0 Å². The van der Waals surface area contributed by atoms with Crippen molar-refractivity contribution in [2.45, 2.75) is 0 Å². The molecule has 9 nitrogen and oxygen atoms in total. The Morgan fingerprint density at radius 3 is 2.33 bits per heavy atom. The first-order valence-corrected chi connectivity index (χ1v) is 8.18. The van der Waals surface area contributed by atoms with Gasteiger partial charge in [0.1, 0.15) is 0 Å². The molecule has 0 aromatic carbocycles. The van der Waals surface area contributed by atoms with Gasteiger partial charge in [0.15, 0.2) is 6.61 Å². The van der Waals surface area contributed by atoms with E-state index in [1.165, 1.54) is 8.61 Å². The summed E-state index contributed by atoms with van der Waals surface area (Å²) in [6, 6.07) is 0. The molecule has 0 bridgehead atoms. The van der Waals surface area contributed by atoms with Crippen molar-refractivity contribution in [1.82, 2.24) is 13.5 Å². The van der Waals surface area contributed by atoms with Gasteiger partial charge < -0.3 is 9.47 Å². The highest BCUT2D eigenvalue weighted by atomic mass is 32.2. The third-order valence-corrected chi connectivity index (χ3v) is 5.80. The lowest BCUT2D eigenvalue weighted by Crippen LogP contribution is -2.59. The van der Waals surface area contributed by atoms with Crippen molar-refractivity contribution in [2.75, 3.05) is 52.5 Å². The van der Waals surface area contributed by atoms with Crippen LogP contribution in [0.3, 0.4) is 0 Å². The topological polar surface area (TPSA) is 96.5 Å². The Morgan fingerprint density at radius 2 is 1.76 bits per heavy atom. The maximum atomic E-state index is 12.3. The highest BCUT2D eigenvalue weighted by molar-refractivity contribution is 7.86. The van der Waals surface area contributed by atoms with E-state index in [4.69, 9.17) is 4.74 Å². The summed E-state index contributed by atoms with van der Waals surface area (Å²) in [5, 5.41) is 0. The molecular weight excluding hydrogens is 302 g/mol. The molecule has 0 N–H and O–H groups in total. The monoisotopic (exact) mass is 319 g/mol. The van der Waals surface area contributed by atoms with Gasteiger partial charge in [0.25, 0.3) is 16.1 Å². The number of amides is 2. The van der Waals surface area contributed by atoms with Crippen LogP contribution in [0.5, 0.6) is 0 Å². The highest BCUT2D eigenvalue weighted by Crippen LogP contribution is 2.24. The first-order chi connectivity index (χ1) is 9.98. The molecule has 21 heavy (non-hydrogen) atoms. The lowest BCUT2D eigenvalue weighted by molar-refractivity contribution is -0.126. The smallest absolute Gasteiger partial charge is 0.417 e. The third kappa shape index (κ3) is 2.76. The van der Waals surface area contributed by atoms with E-state index < -0.39 is 16.3 Å². The second-order valence-electron chi connectivity index (χ2n) is 5.26. The summed E-state index contributed by atoms with van der Waals surface area (Å²) < 4.78 is 37.1. The van der Waals surface area contributed by atoms with Gasteiger partial charge in [0.05, 0.1) is 13.2 Å². The second-order valence-corrected chi connectivity index (χ2v) is 7.19. The van der Waals surface area contributed by atoms with Crippen LogP contribution in [-0.2, 0) is 24.5 Å². The van der Waals surface area contributed by atoms with E-state index in [1.54, 1.807) is 0 Å². The summed E-state index contributed by atoms with van der Waals surface area (Å²) in [5.74, 6) is -0.398. The third-order valence-electron chi connectivity index (χ3n) is 3.83. The molecule has 3 aliphatic heterocycles. The number of imide groups is 1. The highest BCUT2D eigenvalue weighted by Gasteiger charge is 2.42. The van der Waals surface area contributed by atoms with Gasteiger partial charge in [-0.2, -0.15) is 17.0 Å². The van der Waals surface area contributed by atoms with E-state index in [0.29, 0.717) is 39.4 Å².